The maximum Gasteiger partial charge on any atom is 0.419 e. The molecule has 1 saturated carbocycles. The number of aldehydes is 1. The van der Waals surface area contributed by atoms with Crippen LogP contribution in [0.3, 0.4) is 0 Å². The summed E-state index contributed by atoms with van der Waals surface area (Å²) in [5.41, 5.74) is 1.89. The van der Waals surface area contributed by atoms with Gasteiger partial charge in [0.15, 0.2) is 5.82 Å². The number of hydrogen-bond donors (Lipinski definition) is 3. The lowest BCUT2D eigenvalue weighted by molar-refractivity contribution is -0.142. The van der Waals surface area contributed by atoms with Crippen molar-refractivity contribution in [2.45, 2.75) is 93.5 Å². The number of thiol groups is 1. The highest BCUT2D eigenvalue weighted by Gasteiger charge is 2.36. The molecule has 5 aromatic rings. The lowest BCUT2D eigenvalue weighted by atomic mass is 9.89. The molecule has 2 aliphatic rings. The molecule has 1 aliphatic heterocycles. The summed E-state index contributed by atoms with van der Waals surface area (Å²) in [6.45, 7) is 2.16. The number of nitrogens with one attached hydrogen (secondary N) is 2. The number of piperidine rings is 1. The van der Waals surface area contributed by atoms with Crippen molar-refractivity contribution >= 4 is 47.6 Å². The second kappa shape index (κ2) is 20.1. The average Bonchev–Trinajstić information content (AvgIpc) is 3.83. The standard InChI is InChI=1S/C26H33N5O2S.C16H17F6N5/c1-27-26(33)31(12-4-16-32)25-23-8-7-21(18-24(23)29(2)28-25)20-10-14-30(15-11-20)13-9-19-5-3-6-22(34)17-19;17-15(18,19)9-27-8-10(6-24-27)13-12(16(20,21)22)7-23-14(26-13)25-11-4-2-1-3-5-11/h3,5-8,16-18,20,34H,4,9-15H2,1-2H3,(H,27,33);6-8,11H,1-5,9H2,(H,23,25,26). The number of halogens is 6. The van der Waals surface area contributed by atoms with E-state index in [0.29, 0.717) is 29.2 Å². The summed E-state index contributed by atoms with van der Waals surface area (Å²) in [6.07, 6.45) is 2.46. The van der Waals surface area contributed by atoms with Gasteiger partial charge in [0.05, 0.1) is 17.4 Å². The molecule has 0 spiro atoms. The van der Waals surface area contributed by atoms with E-state index in [1.807, 2.05) is 17.8 Å². The van der Waals surface area contributed by atoms with Gasteiger partial charge in [0.2, 0.25) is 5.95 Å². The first kappa shape index (κ1) is 45.4. The number of benzene rings is 2. The van der Waals surface area contributed by atoms with Gasteiger partial charge in [0.25, 0.3) is 0 Å². The van der Waals surface area contributed by atoms with E-state index in [2.05, 4.69) is 84.7 Å². The van der Waals surface area contributed by atoms with Crippen molar-refractivity contribution in [3.05, 3.63) is 77.7 Å². The molecule has 12 nitrogen and oxygen atoms in total. The number of alkyl halides is 6. The summed E-state index contributed by atoms with van der Waals surface area (Å²) in [5, 5.41) is 14.7. The van der Waals surface area contributed by atoms with Crippen LogP contribution in [0.2, 0.25) is 0 Å². The van der Waals surface area contributed by atoms with Crippen LogP contribution in [0, 0.1) is 0 Å². The smallest absolute Gasteiger partial charge is 0.351 e. The van der Waals surface area contributed by atoms with Crippen molar-refractivity contribution in [3.8, 4) is 11.3 Å². The second-order valence-corrected chi connectivity index (χ2v) is 15.9. The van der Waals surface area contributed by atoms with E-state index in [-0.39, 0.29) is 30.0 Å². The summed E-state index contributed by atoms with van der Waals surface area (Å²) in [6, 6.07) is 14.7. The molecule has 0 bridgehead atoms. The molecule has 0 radical (unpaired) electrons. The van der Waals surface area contributed by atoms with E-state index in [9.17, 15) is 35.9 Å². The third-order valence-corrected chi connectivity index (χ3v) is 11.3. The van der Waals surface area contributed by atoms with Gasteiger partial charge in [-0.05, 0) is 86.5 Å². The van der Waals surface area contributed by atoms with Crippen LogP contribution in [0.4, 0.5) is 42.9 Å². The van der Waals surface area contributed by atoms with E-state index < -0.39 is 30.2 Å². The van der Waals surface area contributed by atoms with E-state index in [0.717, 1.165) is 105 Å². The highest BCUT2D eigenvalue weighted by molar-refractivity contribution is 7.80. The molecule has 0 unspecified atom stereocenters. The van der Waals surface area contributed by atoms with Crippen molar-refractivity contribution in [2.75, 3.05) is 43.4 Å². The molecule has 1 saturated heterocycles. The topological polar surface area (TPSA) is 126 Å². The number of amides is 2. The largest absolute Gasteiger partial charge is 0.419 e. The summed E-state index contributed by atoms with van der Waals surface area (Å²) < 4.78 is 79.7. The number of nitrogens with zero attached hydrogens (tertiary/aromatic N) is 8. The van der Waals surface area contributed by atoms with Gasteiger partial charge >= 0.3 is 18.4 Å². The van der Waals surface area contributed by atoms with Crippen LogP contribution in [0.1, 0.15) is 74.0 Å². The Morgan fingerprint density at radius 1 is 1.00 bits per heavy atom. The fourth-order valence-electron chi connectivity index (χ4n) is 7.88. The van der Waals surface area contributed by atoms with Crippen LogP contribution >= 0.6 is 12.6 Å². The highest BCUT2D eigenvalue weighted by Crippen LogP contribution is 2.37. The molecule has 19 heteroatoms. The van der Waals surface area contributed by atoms with Gasteiger partial charge in [0.1, 0.15) is 18.4 Å². The van der Waals surface area contributed by atoms with Crippen LogP contribution in [-0.2, 0) is 31.0 Å². The SMILES string of the molecule is CNC(=O)N(CCC=O)c1nn(C)c2cc(C3CCN(CCc4cccc(S)c4)CC3)ccc12.FC(F)(F)Cn1cc(-c2nc(NC3CCCCC3)ncc2C(F)(F)F)cn1. The fraction of sp³-hybridized carbons (Fsp3) is 0.476. The van der Waals surface area contributed by atoms with Crippen molar-refractivity contribution < 1.29 is 35.9 Å². The van der Waals surface area contributed by atoms with Crippen LogP contribution < -0.4 is 15.5 Å². The van der Waals surface area contributed by atoms with Crippen LogP contribution in [0.25, 0.3) is 22.2 Å². The monoisotopic (exact) mass is 872 g/mol. The lowest BCUT2D eigenvalue weighted by Gasteiger charge is -2.32. The van der Waals surface area contributed by atoms with Crippen molar-refractivity contribution in [2.24, 2.45) is 7.05 Å². The van der Waals surface area contributed by atoms with Gasteiger partial charge in [-0.25, -0.2) is 14.8 Å². The summed E-state index contributed by atoms with van der Waals surface area (Å²) >= 11 is 4.45. The Bertz CT molecular complexity index is 2250. The van der Waals surface area contributed by atoms with Gasteiger partial charge in [-0.3, -0.25) is 14.3 Å². The minimum atomic E-state index is -4.75. The predicted octanol–water partition coefficient (Wildman–Crippen LogP) is 8.68. The number of aromatic nitrogens is 6. The minimum absolute atomic E-state index is 0.0217. The number of carbonyl (C=O) groups is 2. The molecule has 61 heavy (non-hydrogen) atoms. The third-order valence-electron chi connectivity index (χ3n) is 11.0. The van der Waals surface area contributed by atoms with Gasteiger partial charge < -0.3 is 20.3 Å². The number of fused-ring (bicyclic) bond motifs is 1. The number of anilines is 2. The number of hydrogen-bond acceptors (Lipinski definition) is 9. The maximum atomic E-state index is 13.3. The van der Waals surface area contributed by atoms with E-state index >= 15 is 0 Å². The Kier molecular flexibility index (Phi) is 15.0. The zero-order valence-corrected chi connectivity index (χ0v) is 34.9. The zero-order chi connectivity index (χ0) is 43.7. The van der Waals surface area contributed by atoms with Crippen molar-refractivity contribution in [1.29, 1.82) is 0 Å². The number of likely N-dealkylation sites (tertiary alicyclic amines) is 1. The first-order valence-electron chi connectivity index (χ1n) is 20.3. The fourth-order valence-corrected chi connectivity index (χ4v) is 8.13. The number of aryl methyl sites for hydroxylation is 1. The second-order valence-electron chi connectivity index (χ2n) is 15.4. The Morgan fingerprint density at radius 3 is 2.43 bits per heavy atom. The van der Waals surface area contributed by atoms with Crippen molar-refractivity contribution in [1.82, 2.24) is 39.7 Å². The van der Waals surface area contributed by atoms with Gasteiger partial charge in [0, 0.05) is 67.9 Å². The number of urea groups is 1. The van der Waals surface area contributed by atoms with Gasteiger partial charge in [-0.1, -0.05) is 37.5 Å². The Labute approximate surface area is 355 Å². The van der Waals surface area contributed by atoms with E-state index in [1.54, 1.807) is 7.05 Å². The number of carbonyl (C=O) groups excluding carboxylic acids is 2. The molecular weight excluding hydrogens is 823 g/mol. The number of rotatable bonds is 12. The molecule has 2 N–H and O–H groups in total. The molecule has 1 aliphatic carbocycles. The minimum Gasteiger partial charge on any atom is -0.351 e. The summed E-state index contributed by atoms with van der Waals surface area (Å²) in [5.74, 6) is 1.13. The Morgan fingerprint density at radius 2 is 1.75 bits per heavy atom. The van der Waals surface area contributed by atoms with Gasteiger partial charge in [-0.15, -0.1) is 12.6 Å². The molecular formula is C42H50F6N10O2S. The van der Waals surface area contributed by atoms with Crippen LogP contribution in [0.5, 0.6) is 0 Å². The molecule has 7 rings (SSSR count). The van der Waals surface area contributed by atoms with Crippen LogP contribution in [0.15, 0.2) is 66.0 Å². The van der Waals surface area contributed by atoms with E-state index in [4.69, 9.17) is 0 Å². The zero-order valence-electron chi connectivity index (χ0n) is 34.0. The lowest BCUT2D eigenvalue weighted by Crippen LogP contribution is -2.39. The summed E-state index contributed by atoms with van der Waals surface area (Å²) in [7, 11) is 3.49. The molecule has 0 atom stereocenters. The Hall–Kier alpha value is -5.17. The van der Waals surface area contributed by atoms with Crippen LogP contribution in [-0.4, -0.2) is 92.2 Å². The van der Waals surface area contributed by atoms with Crippen molar-refractivity contribution in [3.63, 3.8) is 0 Å². The maximum absolute atomic E-state index is 13.3. The van der Waals surface area contributed by atoms with E-state index in [1.165, 1.54) is 16.0 Å². The molecule has 2 aromatic carbocycles. The third kappa shape index (κ3) is 12.2. The predicted molar refractivity (Wildman–Crippen MR) is 224 cm³/mol. The quantitative estimate of drug-likeness (QED) is 0.0647. The molecule has 328 valence electrons. The average molecular weight is 873 g/mol. The molecule has 4 heterocycles. The molecule has 2 amide bonds. The Balaban J connectivity index is 0.000000210. The summed E-state index contributed by atoms with van der Waals surface area (Å²) in [4.78, 5) is 36.1. The molecule has 2 fully saturated rings. The first-order chi connectivity index (χ1) is 29.1. The first-order valence-corrected chi connectivity index (χ1v) is 20.8. The highest BCUT2D eigenvalue weighted by atomic mass is 32.1. The normalized spacial score (nSPS) is 15.6. The molecule has 3 aromatic heterocycles. The van der Waals surface area contributed by atoms with Gasteiger partial charge in [-0.2, -0.15) is 36.5 Å².